The Labute approximate surface area is 266 Å². The summed E-state index contributed by atoms with van der Waals surface area (Å²) in [6.07, 6.45) is -4.93. The van der Waals surface area contributed by atoms with Crippen molar-refractivity contribution in [1.29, 1.82) is 0 Å². The molecule has 3 heterocycles. The number of benzene rings is 2. The number of hydrogen-bond donors (Lipinski definition) is 3. The van der Waals surface area contributed by atoms with Gasteiger partial charge in [0.15, 0.2) is 0 Å². The Balaban J connectivity index is 1.16. The highest BCUT2D eigenvalue weighted by atomic mass is 35.5. The Morgan fingerprint density at radius 3 is 1.91 bits per heavy atom. The van der Waals surface area contributed by atoms with Crippen LogP contribution in [0.4, 0.5) is 32.4 Å². The standard InChI is InChI=1S/C31H34ClF5N4O5/c32-25-16-23(6-7-24(25)26(42)41-17-22(18-41)38-28(44)45)39-12-8-19(9-13-39)20-10-14-40(15-11-20)27(43)29(46,21-4-2-1-3-5-21)30(33,34)31(35,36)37/h1-7,16,19-20,22,38,46H,8-15,17-18H2,(H,44,45)/t29-/m1/s1. The molecule has 1 atom stereocenters. The number of rotatable bonds is 7. The van der Waals surface area contributed by atoms with Gasteiger partial charge in [0.1, 0.15) is 0 Å². The fourth-order valence-electron chi connectivity index (χ4n) is 6.71. The van der Waals surface area contributed by atoms with E-state index in [1.165, 1.54) is 23.1 Å². The van der Waals surface area contributed by atoms with E-state index >= 15 is 0 Å². The molecule has 3 amide bonds. The van der Waals surface area contributed by atoms with Crippen molar-refractivity contribution in [3.8, 4) is 0 Å². The van der Waals surface area contributed by atoms with Crippen molar-refractivity contribution in [3.63, 3.8) is 0 Å². The van der Waals surface area contributed by atoms with Crippen molar-refractivity contribution in [2.75, 3.05) is 44.2 Å². The number of anilines is 1. The van der Waals surface area contributed by atoms with Crippen LogP contribution >= 0.6 is 11.6 Å². The van der Waals surface area contributed by atoms with Crippen LogP contribution in [0, 0.1) is 11.8 Å². The molecule has 0 spiro atoms. The minimum absolute atomic E-state index is 0.0535. The Bertz CT molecular complexity index is 1440. The van der Waals surface area contributed by atoms with E-state index in [1.807, 2.05) is 0 Å². The highest BCUT2D eigenvalue weighted by Crippen LogP contribution is 2.50. The number of halogens is 6. The first kappa shape index (κ1) is 33.7. The van der Waals surface area contributed by atoms with E-state index in [2.05, 4.69) is 10.2 Å². The van der Waals surface area contributed by atoms with Crippen molar-refractivity contribution in [2.45, 2.75) is 49.4 Å². The number of likely N-dealkylation sites (tertiary alicyclic amines) is 2. The molecule has 3 aliphatic rings. The van der Waals surface area contributed by atoms with Gasteiger partial charge < -0.3 is 30.2 Å². The summed E-state index contributed by atoms with van der Waals surface area (Å²) >= 11 is 6.46. The van der Waals surface area contributed by atoms with E-state index in [0.717, 1.165) is 35.6 Å². The van der Waals surface area contributed by atoms with Gasteiger partial charge in [-0.05, 0) is 61.3 Å². The molecule has 0 bridgehead atoms. The third kappa shape index (κ3) is 6.33. The molecule has 2 aromatic rings. The van der Waals surface area contributed by atoms with Crippen LogP contribution in [0.2, 0.25) is 5.02 Å². The van der Waals surface area contributed by atoms with Crippen LogP contribution in [-0.2, 0) is 10.4 Å². The number of carbonyl (C=O) groups is 3. The molecule has 15 heteroatoms. The van der Waals surface area contributed by atoms with Crippen molar-refractivity contribution in [3.05, 3.63) is 64.7 Å². The van der Waals surface area contributed by atoms with E-state index in [0.29, 0.717) is 31.5 Å². The molecular weight excluding hydrogens is 639 g/mol. The highest BCUT2D eigenvalue weighted by molar-refractivity contribution is 6.34. The second-order valence-electron chi connectivity index (χ2n) is 12.1. The average Bonchev–Trinajstić information content (AvgIpc) is 3.01. The topological polar surface area (TPSA) is 113 Å². The lowest BCUT2D eigenvalue weighted by atomic mass is 9.78. The normalized spacial score (nSPS) is 20.2. The Morgan fingerprint density at radius 1 is 0.826 bits per heavy atom. The van der Waals surface area contributed by atoms with Crippen LogP contribution < -0.4 is 10.2 Å². The van der Waals surface area contributed by atoms with Gasteiger partial charge in [0, 0.05) is 45.0 Å². The van der Waals surface area contributed by atoms with Crippen molar-refractivity contribution in [2.24, 2.45) is 11.8 Å². The molecule has 0 aliphatic carbocycles. The minimum atomic E-state index is -6.15. The first-order chi connectivity index (χ1) is 21.6. The fraction of sp³-hybridized carbons (Fsp3) is 0.516. The SMILES string of the molecule is O=C(O)NC1CN(C(=O)c2ccc(N3CCC(C4CCN(C(=O)[C@](O)(c5ccccc5)C(F)(F)C(F)(F)F)CC4)CC3)cc2Cl)C1. The van der Waals surface area contributed by atoms with Crippen LogP contribution in [0.1, 0.15) is 41.6 Å². The van der Waals surface area contributed by atoms with E-state index in [9.17, 15) is 41.4 Å². The quantitative estimate of drug-likeness (QED) is 0.358. The summed E-state index contributed by atoms with van der Waals surface area (Å²) in [6, 6.07) is 10.4. The number of aliphatic hydroxyl groups is 1. The zero-order valence-corrected chi connectivity index (χ0v) is 25.4. The van der Waals surface area contributed by atoms with Gasteiger partial charge in [-0.3, -0.25) is 9.59 Å². The van der Waals surface area contributed by atoms with Crippen molar-refractivity contribution < 1.29 is 46.5 Å². The maximum absolute atomic E-state index is 14.7. The summed E-state index contributed by atoms with van der Waals surface area (Å²) in [4.78, 5) is 41.3. The molecule has 250 valence electrons. The number of amides is 3. The maximum atomic E-state index is 14.7. The van der Waals surface area contributed by atoms with Crippen molar-refractivity contribution in [1.82, 2.24) is 15.1 Å². The molecule has 0 aromatic heterocycles. The third-order valence-corrected chi connectivity index (χ3v) is 9.70. The third-order valence-electron chi connectivity index (χ3n) is 9.39. The van der Waals surface area contributed by atoms with Gasteiger partial charge in [-0.25, -0.2) is 4.79 Å². The molecule has 3 N–H and O–H groups in total. The second kappa shape index (κ2) is 12.9. The summed E-state index contributed by atoms with van der Waals surface area (Å²) in [5, 5.41) is 22.3. The summed E-state index contributed by atoms with van der Waals surface area (Å²) in [7, 11) is 0. The predicted octanol–water partition coefficient (Wildman–Crippen LogP) is 4.97. The van der Waals surface area contributed by atoms with Crippen LogP contribution in [0.15, 0.2) is 48.5 Å². The number of carboxylic acid groups (broad SMARTS) is 1. The molecular formula is C31H34ClF5N4O5. The zero-order valence-electron chi connectivity index (χ0n) is 24.7. The van der Waals surface area contributed by atoms with Gasteiger partial charge in [-0.2, -0.15) is 22.0 Å². The van der Waals surface area contributed by atoms with Gasteiger partial charge in [-0.15, -0.1) is 0 Å². The lowest BCUT2D eigenvalue weighted by molar-refractivity contribution is -0.339. The lowest BCUT2D eigenvalue weighted by Gasteiger charge is -2.44. The average molecular weight is 673 g/mol. The largest absolute Gasteiger partial charge is 0.465 e. The number of alkyl halides is 5. The first-order valence-electron chi connectivity index (χ1n) is 15.0. The predicted molar refractivity (Wildman–Crippen MR) is 158 cm³/mol. The van der Waals surface area contributed by atoms with E-state index < -0.39 is 35.3 Å². The Hall–Kier alpha value is -3.65. The molecule has 0 radical (unpaired) electrons. The van der Waals surface area contributed by atoms with Crippen molar-refractivity contribution >= 4 is 35.2 Å². The number of piperidine rings is 2. The monoisotopic (exact) mass is 672 g/mol. The number of nitrogens with one attached hydrogen (secondary N) is 1. The Kier molecular flexibility index (Phi) is 9.42. The molecule has 46 heavy (non-hydrogen) atoms. The molecule has 3 saturated heterocycles. The van der Waals surface area contributed by atoms with Crippen LogP contribution in [-0.4, -0.2) is 95.3 Å². The molecule has 9 nitrogen and oxygen atoms in total. The highest BCUT2D eigenvalue weighted by Gasteiger charge is 2.74. The van der Waals surface area contributed by atoms with Crippen LogP contribution in [0.25, 0.3) is 0 Å². The number of carbonyl (C=O) groups excluding carboxylic acids is 2. The van der Waals surface area contributed by atoms with E-state index in [1.54, 1.807) is 18.2 Å². The Morgan fingerprint density at radius 2 is 1.39 bits per heavy atom. The number of hydrogen-bond acceptors (Lipinski definition) is 5. The van der Waals surface area contributed by atoms with E-state index in [-0.39, 0.29) is 55.0 Å². The van der Waals surface area contributed by atoms with Crippen LogP contribution in [0.5, 0.6) is 0 Å². The lowest BCUT2D eigenvalue weighted by Crippen LogP contribution is -2.63. The molecule has 2 aromatic carbocycles. The van der Waals surface area contributed by atoms with Gasteiger partial charge in [0.2, 0.25) is 5.60 Å². The summed E-state index contributed by atoms with van der Waals surface area (Å²) in [5.41, 5.74) is -3.76. The number of nitrogens with zero attached hydrogens (tertiary/aromatic N) is 3. The van der Waals surface area contributed by atoms with Gasteiger partial charge in [-0.1, -0.05) is 41.9 Å². The summed E-state index contributed by atoms with van der Waals surface area (Å²) in [6.45, 7) is 1.76. The maximum Gasteiger partial charge on any atom is 0.457 e. The summed E-state index contributed by atoms with van der Waals surface area (Å²) < 4.78 is 69.8. The van der Waals surface area contributed by atoms with Crippen LogP contribution in [0.3, 0.4) is 0 Å². The molecule has 3 fully saturated rings. The molecule has 3 aliphatic heterocycles. The zero-order chi connectivity index (χ0) is 33.4. The minimum Gasteiger partial charge on any atom is -0.465 e. The molecule has 5 rings (SSSR count). The van der Waals surface area contributed by atoms with Gasteiger partial charge >= 0.3 is 18.2 Å². The fourth-order valence-corrected chi connectivity index (χ4v) is 6.97. The van der Waals surface area contributed by atoms with Gasteiger partial charge in [0.05, 0.1) is 16.6 Å². The van der Waals surface area contributed by atoms with Gasteiger partial charge in [0.25, 0.3) is 11.8 Å². The van der Waals surface area contributed by atoms with E-state index in [4.69, 9.17) is 16.7 Å². The first-order valence-corrected chi connectivity index (χ1v) is 15.4. The molecule has 0 unspecified atom stereocenters. The molecule has 0 saturated carbocycles. The smallest absolute Gasteiger partial charge is 0.457 e. The second-order valence-corrected chi connectivity index (χ2v) is 12.5. The summed E-state index contributed by atoms with van der Waals surface area (Å²) in [5.74, 6) is -7.30.